The van der Waals surface area contributed by atoms with E-state index in [2.05, 4.69) is 5.32 Å². The van der Waals surface area contributed by atoms with Crippen LogP contribution in [0.25, 0.3) is 0 Å². The Morgan fingerprint density at radius 1 is 1.09 bits per heavy atom. The third-order valence-electron chi connectivity index (χ3n) is 5.24. The number of nitrogens with one attached hydrogen (secondary N) is 1. The van der Waals surface area contributed by atoms with Crippen molar-refractivity contribution < 1.29 is 22.4 Å². The van der Waals surface area contributed by atoms with Gasteiger partial charge in [-0.25, -0.2) is 12.8 Å². The Morgan fingerprint density at radius 3 is 2.24 bits per heavy atom. The van der Waals surface area contributed by atoms with Crippen molar-refractivity contribution in [1.29, 1.82) is 0 Å². The molecule has 34 heavy (non-hydrogen) atoms. The van der Waals surface area contributed by atoms with Crippen molar-refractivity contribution in [3.05, 3.63) is 64.4 Å². The zero-order valence-electron chi connectivity index (χ0n) is 20.0. The minimum Gasteiger partial charge on any atom is -0.354 e. The van der Waals surface area contributed by atoms with E-state index in [1.54, 1.807) is 26.0 Å². The Kier molecular flexibility index (Phi) is 9.46. The summed E-state index contributed by atoms with van der Waals surface area (Å²) in [5, 5.41) is 3.16. The van der Waals surface area contributed by atoms with Crippen molar-refractivity contribution in [2.45, 2.75) is 40.3 Å². The van der Waals surface area contributed by atoms with Crippen LogP contribution in [0.4, 0.5) is 10.1 Å². The molecule has 0 saturated carbocycles. The maximum atomic E-state index is 13.4. The molecule has 0 spiro atoms. The van der Waals surface area contributed by atoms with E-state index >= 15 is 0 Å². The first-order valence-electron chi connectivity index (χ1n) is 10.8. The van der Waals surface area contributed by atoms with Crippen molar-refractivity contribution in [3.63, 3.8) is 0 Å². The normalized spacial score (nSPS) is 12.4. The van der Waals surface area contributed by atoms with Crippen molar-refractivity contribution in [3.8, 4) is 0 Å². The quantitative estimate of drug-likeness (QED) is 0.526. The van der Waals surface area contributed by atoms with E-state index in [1.165, 1.54) is 35.2 Å². The Hall–Kier alpha value is -2.65. The Bertz CT molecular complexity index is 1120. The molecule has 2 rings (SSSR count). The third-order valence-corrected chi connectivity index (χ3v) is 6.79. The highest BCUT2D eigenvalue weighted by Gasteiger charge is 2.30. The van der Waals surface area contributed by atoms with E-state index in [9.17, 15) is 22.4 Å². The summed E-state index contributed by atoms with van der Waals surface area (Å²) in [6.45, 7) is 7.16. The number of anilines is 1. The average molecular weight is 512 g/mol. The summed E-state index contributed by atoms with van der Waals surface area (Å²) in [7, 11) is -3.84. The van der Waals surface area contributed by atoms with Crippen LogP contribution in [0.15, 0.2) is 42.5 Å². The monoisotopic (exact) mass is 511 g/mol. The summed E-state index contributed by atoms with van der Waals surface area (Å²) in [4.78, 5) is 27.5. The highest BCUT2D eigenvalue weighted by Crippen LogP contribution is 2.25. The summed E-state index contributed by atoms with van der Waals surface area (Å²) >= 11 is 6.18. The van der Waals surface area contributed by atoms with E-state index in [-0.39, 0.29) is 24.1 Å². The molecule has 2 aromatic carbocycles. The summed E-state index contributed by atoms with van der Waals surface area (Å²) < 4.78 is 39.4. The number of carbonyl (C=O) groups is 2. The topological polar surface area (TPSA) is 86.8 Å². The van der Waals surface area contributed by atoms with Crippen molar-refractivity contribution in [1.82, 2.24) is 10.2 Å². The van der Waals surface area contributed by atoms with Crippen molar-refractivity contribution in [2.24, 2.45) is 5.92 Å². The molecule has 2 aromatic rings. The average Bonchev–Trinajstić information content (AvgIpc) is 2.76. The van der Waals surface area contributed by atoms with Gasteiger partial charge in [-0.3, -0.25) is 13.9 Å². The Morgan fingerprint density at radius 2 is 1.71 bits per heavy atom. The van der Waals surface area contributed by atoms with Gasteiger partial charge in [0.15, 0.2) is 0 Å². The van der Waals surface area contributed by atoms with E-state index in [0.29, 0.717) is 17.1 Å². The predicted molar refractivity (Wildman–Crippen MR) is 133 cm³/mol. The number of amides is 2. The van der Waals surface area contributed by atoms with Gasteiger partial charge in [0.1, 0.15) is 18.4 Å². The van der Waals surface area contributed by atoms with Gasteiger partial charge in [0.25, 0.3) is 0 Å². The lowest BCUT2D eigenvalue weighted by Gasteiger charge is -2.31. The van der Waals surface area contributed by atoms with Crippen LogP contribution in [0.2, 0.25) is 5.02 Å². The van der Waals surface area contributed by atoms with Crippen LogP contribution in [0.3, 0.4) is 0 Å². The second-order valence-electron chi connectivity index (χ2n) is 8.67. The van der Waals surface area contributed by atoms with E-state index < -0.39 is 34.3 Å². The van der Waals surface area contributed by atoms with Gasteiger partial charge in [-0.15, -0.1) is 0 Å². The van der Waals surface area contributed by atoms with Gasteiger partial charge in [-0.1, -0.05) is 43.6 Å². The lowest BCUT2D eigenvalue weighted by Crippen LogP contribution is -2.51. The number of halogens is 2. The molecule has 0 radical (unpaired) electrons. The lowest BCUT2D eigenvalue weighted by atomic mass is 10.1. The fourth-order valence-corrected chi connectivity index (χ4v) is 4.19. The smallest absolute Gasteiger partial charge is 0.244 e. The molecule has 0 saturated heterocycles. The molecule has 7 nitrogen and oxygen atoms in total. The van der Waals surface area contributed by atoms with Crippen LogP contribution in [0.5, 0.6) is 0 Å². The van der Waals surface area contributed by atoms with Crippen molar-refractivity contribution >= 4 is 39.1 Å². The number of nitrogens with zero attached hydrogens (tertiary/aromatic N) is 2. The van der Waals surface area contributed by atoms with Gasteiger partial charge in [0.2, 0.25) is 21.8 Å². The molecule has 1 atom stereocenters. The zero-order chi connectivity index (χ0) is 25.6. The summed E-state index contributed by atoms with van der Waals surface area (Å²) in [6, 6.07) is 9.38. The first kappa shape index (κ1) is 27.6. The van der Waals surface area contributed by atoms with Crippen LogP contribution in [0.1, 0.15) is 31.9 Å². The minimum atomic E-state index is -3.84. The maximum Gasteiger partial charge on any atom is 0.244 e. The number of hydrogen-bond acceptors (Lipinski definition) is 4. The van der Waals surface area contributed by atoms with E-state index in [4.69, 9.17) is 11.6 Å². The van der Waals surface area contributed by atoms with Crippen LogP contribution in [0, 0.1) is 18.7 Å². The molecule has 10 heteroatoms. The minimum absolute atomic E-state index is 0.00162. The van der Waals surface area contributed by atoms with Crippen LogP contribution >= 0.6 is 11.6 Å². The van der Waals surface area contributed by atoms with Crippen LogP contribution in [-0.2, 0) is 26.2 Å². The number of aryl methyl sites for hydroxylation is 1. The number of benzene rings is 2. The zero-order valence-corrected chi connectivity index (χ0v) is 21.6. The van der Waals surface area contributed by atoms with Gasteiger partial charge >= 0.3 is 0 Å². The SMILES string of the molecule is Cc1ccc(N(CC(=O)N(Cc2ccc(F)cc2)[C@@H](C)C(=O)NCC(C)C)S(C)(=O)=O)cc1Cl. The molecule has 0 bridgehead atoms. The third kappa shape index (κ3) is 7.70. The molecular formula is C24H31ClFN3O4S. The van der Waals surface area contributed by atoms with Crippen LogP contribution in [-0.4, -0.2) is 50.5 Å². The summed E-state index contributed by atoms with van der Waals surface area (Å²) in [6.07, 6.45) is 0.997. The Labute approximate surface area is 205 Å². The first-order chi connectivity index (χ1) is 15.8. The molecule has 0 unspecified atom stereocenters. The number of carbonyl (C=O) groups excluding carboxylic acids is 2. The van der Waals surface area contributed by atoms with Crippen LogP contribution < -0.4 is 9.62 Å². The van der Waals surface area contributed by atoms with Gasteiger partial charge in [-0.05, 0) is 55.2 Å². The summed E-state index contributed by atoms with van der Waals surface area (Å²) in [5.41, 5.74) is 1.60. The summed E-state index contributed by atoms with van der Waals surface area (Å²) in [5.74, 6) is -1.17. The molecule has 0 aliphatic carbocycles. The highest BCUT2D eigenvalue weighted by molar-refractivity contribution is 7.92. The fourth-order valence-electron chi connectivity index (χ4n) is 3.17. The molecule has 2 amide bonds. The van der Waals surface area contributed by atoms with Gasteiger partial charge in [-0.2, -0.15) is 0 Å². The van der Waals surface area contributed by atoms with Crippen molar-refractivity contribution in [2.75, 3.05) is 23.7 Å². The van der Waals surface area contributed by atoms with Gasteiger partial charge < -0.3 is 10.2 Å². The molecule has 0 aromatic heterocycles. The number of sulfonamides is 1. The highest BCUT2D eigenvalue weighted by atomic mass is 35.5. The standard InChI is InChI=1S/C24H31ClFN3O4S/c1-16(2)13-27-24(31)18(4)28(14-19-7-9-20(26)10-8-19)23(30)15-29(34(5,32)33)21-11-6-17(3)22(25)12-21/h6-12,16,18H,13-15H2,1-5H3,(H,27,31)/t18-/m0/s1. The number of rotatable bonds is 10. The molecule has 1 N–H and O–H groups in total. The predicted octanol–water partition coefficient (Wildman–Crippen LogP) is 3.74. The number of hydrogen-bond donors (Lipinski definition) is 1. The molecule has 0 aliphatic heterocycles. The molecule has 0 heterocycles. The molecule has 186 valence electrons. The molecule has 0 fully saturated rings. The molecule has 0 aliphatic rings. The molecular weight excluding hydrogens is 481 g/mol. The lowest BCUT2D eigenvalue weighted by molar-refractivity contribution is -0.139. The second-order valence-corrected chi connectivity index (χ2v) is 11.0. The van der Waals surface area contributed by atoms with Gasteiger partial charge in [0.05, 0.1) is 11.9 Å². The second kappa shape index (κ2) is 11.7. The van der Waals surface area contributed by atoms with E-state index in [0.717, 1.165) is 16.1 Å². The fraction of sp³-hybridized carbons (Fsp3) is 0.417. The van der Waals surface area contributed by atoms with E-state index in [1.807, 2.05) is 13.8 Å². The Balaban J connectivity index is 2.37. The van der Waals surface area contributed by atoms with Gasteiger partial charge in [0, 0.05) is 18.1 Å². The first-order valence-corrected chi connectivity index (χ1v) is 13.1. The largest absolute Gasteiger partial charge is 0.354 e. The maximum absolute atomic E-state index is 13.4.